The second-order valence-electron chi connectivity index (χ2n) is 7.43. The number of aliphatic hydroxyl groups is 1. The number of amides is 1. The molecule has 2 saturated carbocycles. The van der Waals surface area contributed by atoms with Crippen LogP contribution in [-0.4, -0.2) is 34.9 Å². The Morgan fingerprint density at radius 1 is 1.28 bits per heavy atom. The Morgan fingerprint density at radius 3 is 2.56 bits per heavy atom. The van der Waals surface area contributed by atoms with E-state index in [1.165, 1.54) is 0 Å². The molecule has 6 heteroatoms. The van der Waals surface area contributed by atoms with Crippen LogP contribution in [0.4, 0.5) is 5.69 Å². The Hall–Kier alpha value is -1.59. The van der Waals surface area contributed by atoms with Crippen molar-refractivity contribution in [3.63, 3.8) is 0 Å². The van der Waals surface area contributed by atoms with E-state index < -0.39 is 22.3 Å². The van der Waals surface area contributed by atoms with Gasteiger partial charge in [0.15, 0.2) is 5.78 Å². The molecule has 4 atom stereocenters. The highest BCUT2D eigenvalue weighted by Gasteiger charge is 2.61. The van der Waals surface area contributed by atoms with E-state index in [1.807, 2.05) is 6.92 Å². The van der Waals surface area contributed by atoms with E-state index in [2.05, 4.69) is 5.32 Å². The summed E-state index contributed by atoms with van der Waals surface area (Å²) in [6.45, 7) is 1.95. The fourth-order valence-electron chi connectivity index (χ4n) is 4.23. The summed E-state index contributed by atoms with van der Waals surface area (Å²) in [5.41, 5.74) is -1.15. The van der Waals surface area contributed by atoms with E-state index in [0.29, 0.717) is 24.3 Å². The number of carbonyl (C=O) groups excluding carboxylic acids is 2. The van der Waals surface area contributed by atoms with Crippen molar-refractivity contribution in [3.8, 4) is 5.75 Å². The molecule has 136 valence electrons. The van der Waals surface area contributed by atoms with Gasteiger partial charge in [0, 0.05) is 5.69 Å². The molecule has 25 heavy (non-hydrogen) atoms. The summed E-state index contributed by atoms with van der Waals surface area (Å²) in [5, 5.41) is 12.8. The second kappa shape index (κ2) is 6.61. The molecule has 2 N–H and O–H groups in total. The number of anilines is 1. The van der Waals surface area contributed by atoms with Crippen LogP contribution in [0.5, 0.6) is 5.75 Å². The molecule has 0 saturated heterocycles. The first-order chi connectivity index (χ1) is 11.8. The minimum atomic E-state index is -1.22. The number of halogens is 1. The van der Waals surface area contributed by atoms with Gasteiger partial charge in [0.1, 0.15) is 11.1 Å². The molecule has 0 spiro atoms. The van der Waals surface area contributed by atoms with Crippen molar-refractivity contribution in [2.45, 2.75) is 50.0 Å². The molecule has 0 aromatic heterocycles. The summed E-state index contributed by atoms with van der Waals surface area (Å²) >= 11 is 6.36. The molecule has 2 fully saturated rings. The minimum Gasteiger partial charge on any atom is -0.497 e. The first-order valence-electron chi connectivity index (χ1n) is 8.66. The maximum Gasteiger partial charge on any atom is 0.235 e. The predicted molar refractivity (Wildman–Crippen MR) is 95.9 cm³/mol. The van der Waals surface area contributed by atoms with Crippen LogP contribution in [0.25, 0.3) is 0 Å². The second-order valence-corrected chi connectivity index (χ2v) is 7.87. The minimum absolute atomic E-state index is 0.327. The Labute approximate surface area is 152 Å². The summed E-state index contributed by atoms with van der Waals surface area (Å²) in [6, 6.07) is 6.93. The maximum atomic E-state index is 12.7. The zero-order valence-corrected chi connectivity index (χ0v) is 15.3. The number of rotatable bonds is 3. The summed E-state index contributed by atoms with van der Waals surface area (Å²) in [6.07, 6.45) is 3.44. The van der Waals surface area contributed by atoms with Gasteiger partial charge >= 0.3 is 0 Å². The molecule has 1 amide bonds. The molecule has 2 aliphatic rings. The SMILES string of the molecule is COc1ccc(NC(=O)C2C[C@]3(C)CCCC[C@@]3(O)[C@@H](Cl)C2=O)cc1. The van der Waals surface area contributed by atoms with Crippen LogP contribution in [-0.2, 0) is 9.59 Å². The van der Waals surface area contributed by atoms with Gasteiger partial charge in [-0.2, -0.15) is 0 Å². The Bertz CT molecular complexity index is 677. The van der Waals surface area contributed by atoms with Gasteiger partial charge in [-0.05, 0) is 48.9 Å². The maximum absolute atomic E-state index is 12.7. The number of alkyl halides is 1. The van der Waals surface area contributed by atoms with Crippen molar-refractivity contribution in [2.24, 2.45) is 11.3 Å². The van der Waals surface area contributed by atoms with Crippen molar-refractivity contribution >= 4 is 29.0 Å². The van der Waals surface area contributed by atoms with Gasteiger partial charge < -0.3 is 15.2 Å². The summed E-state index contributed by atoms with van der Waals surface area (Å²) in [5.74, 6) is -0.899. The monoisotopic (exact) mass is 365 g/mol. The molecule has 2 aliphatic carbocycles. The lowest BCUT2D eigenvalue weighted by Crippen LogP contribution is -2.64. The van der Waals surface area contributed by atoms with Crippen molar-refractivity contribution in [1.82, 2.24) is 0 Å². The van der Waals surface area contributed by atoms with Crippen LogP contribution in [0, 0.1) is 11.3 Å². The van der Waals surface area contributed by atoms with Gasteiger partial charge in [-0.25, -0.2) is 0 Å². The molecular weight excluding hydrogens is 342 g/mol. The third-order valence-corrected chi connectivity index (χ3v) is 6.50. The smallest absolute Gasteiger partial charge is 0.235 e. The number of nitrogens with one attached hydrogen (secondary N) is 1. The van der Waals surface area contributed by atoms with E-state index in [9.17, 15) is 14.7 Å². The molecule has 1 unspecified atom stereocenters. The van der Waals surface area contributed by atoms with Crippen molar-refractivity contribution in [3.05, 3.63) is 24.3 Å². The Kier molecular flexibility index (Phi) is 4.82. The van der Waals surface area contributed by atoms with Crippen LogP contribution in [0.3, 0.4) is 0 Å². The molecule has 0 aliphatic heterocycles. The molecule has 1 aromatic carbocycles. The standard InChI is InChI=1S/C19H24ClNO4/c1-18-9-3-4-10-19(18,24)16(20)15(22)14(11-18)17(23)21-12-5-7-13(25-2)8-6-12/h5-8,14,16,24H,3-4,9-11H2,1-2H3,(H,21,23)/t14?,16-,18-,19+/m0/s1. The average Bonchev–Trinajstić information content (AvgIpc) is 2.61. The zero-order chi connectivity index (χ0) is 18.2. The highest BCUT2D eigenvalue weighted by atomic mass is 35.5. The summed E-state index contributed by atoms with van der Waals surface area (Å²) in [7, 11) is 1.57. The molecule has 0 heterocycles. The van der Waals surface area contributed by atoms with E-state index in [1.54, 1.807) is 31.4 Å². The third-order valence-electron chi connectivity index (χ3n) is 5.92. The van der Waals surface area contributed by atoms with Crippen LogP contribution in [0.1, 0.15) is 39.0 Å². The molecule has 3 rings (SSSR count). The molecular formula is C19H24ClNO4. The van der Waals surface area contributed by atoms with Crippen LogP contribution < -0.4 is 10.1 Å². The fourth-order valence-corrected chi connectivity index (χ4v) is 4.75. The highest BCUT2D eigenvalue weighted by molar-refractivity contribution is 6.34. The van der Waals surface area contributed by atoms with Crippen molar-refractivity contribution < 1.29 is 19.4 Å². The molecule has 5 nitrogen and oxygen atoms in total. The van der Waals surface area contributed by atoms with Crippen LogP contribution in [0.15, 0.2) is 24.3 Å². The van der Waals surface area contributed by atoms with E-state index in [-0.39, 0.29) is 11.7 Å². The quantitative estimate of drug-likeness (QED) is 0.637. The normalized spacial score (nSPS) is 35.0. The fraction of sp³-hybridized carbons (Fsp3) is 0.579. The van der Waals surface area contributed by atoms with Crippen molar-refractivity contribution in [2.75, 3.05) is 12.4 Å². The van der Waals surface area contributed by atoms with E-state index in [0.717, 1.165) is 19.3 Å². The number of ketones is 1. The van der Waals surface area contributed by atoms with Gasteiger partial charge in [-0.15, -0.1) is 11.6 Å². The average molecular weight is 366 g/mol. The summed E-state index contributed by atoms with van der Waals surface area (Å²) in [4.78, 5) is 25.4. The Morgan fingerprint density at radius 2 is 1.92 bits per heavy atom. The number of methoxy groups -OCH3 is 1. The number of fused-ring (bicyclic) bond motifs is 1. The first-order valence-corrected chi connectivity index (χ1v) is 9.09. The number of carbonyl (C=O) groups is 2. The predicted octanol–water partition coefficient (Wildman–Crippen LogP) is 3.14. The highest BCUT2D eigenvalue weighted by Crippen LogP contribution is 2.55. The molecule has 0 bridgehead atoms. The molecule has 1 aromatic rings. The lowest BCUT2D eigenvalue weighted by Gasteiger charge is -2.54. The number of benzene rings is 1. The van der Waals surface area contributed by atoms with E-state index >= 15 is 0 Å². The lowest BCUT2D eigenvalue weighted by atomic mass is 9.54. The number of Topliss-reactive ketones (excluding diaryl/α,β-unsaturated/α-hetero) is 1. The van der Waals surface area contributed by atoms with Gasteiger partial charge in [0.05, 0.1) is 18.6 Å². The van der Waals surface area contributed by atoms with Gasteiger partial charge in [-0.1, -0.05) is 19.8 Å². The first kappa shape index (κ1) is 18.2. The number of hydrogen-bond donors (Lipinski definition) is 2. The van der Waals surface area contributed by atoms with Gasteiger partial charge in [0.25, 0.3) is 0 Å². The Balaban J connectivity index is 1.79. The van der Waals surface area contributed by atoms with Crippen LogP contribution in [0.2, 0.25) is 0 Å². The van der Waals surface area contributed by atoms with Crippen molar-refractivity contribution in [1.29, 1.82) is 0 Å². The van der Waals surface area contributed by atoms with Crippen LogP contribution >= 0.6 is 11.6 Å². The number of ether oxygens (including phenoxy) is 1. The lowest BCUT2D eigenvalue weighted by molar-refractivity contribution is -0.164. The van der Waals surface area contributed by atoms with Gasteiger partial charge in [0.2, 0.25) is 5.91 Å². The topological polar surface area (TPSA) is 75.6 Å². The number of hydrogen-bond acceptors (Lipinski definition) is 4. The largest absolute Gasteiger partial charge is 0.497 e. The molecule has 0 radical (unpaired) electrons. The van der Waals surface area contributed by atoms with Gasteiger partial charge in [-0.3, -0.25) is 9.59 Å². The summed E-state index contributed by atoms with van der Waals surface area (Å²) < 4.78 is 5.09. The van der Waals surface area contributed by atoms with E-state index in [4.69, 9.17) is 16.3 Å². The third kappa shape index (κ3) is 3.04. The zero-order valence-electron chi connectivity index (χ0n) is 14.5.